The van der Waals surface area contributed by atoms with E-state index in [1.807, 2.05) is 0 Å². The van der Waals surface area contributed by atoms with Gasteiger partial charge in [-0.15, -0.1) is 0 Å². The maximum absolute atomic E-state index is 15.4. The molecule has 0 aliphatic carbocycles. The third-order valence-corrected chi connectivity index (χ3v) is 29.8. The third-order valence-electron chi connectivity index (χ3n) is 29.8. The summed E-state index contributed by atoms with van der Waals surface area (Å²) in [6, 6.07) is 0. The lowest BCUT2D eigenvalue weighted by Gasteiger charge is -2.48. The van der Waals surface area contributed by atoms with E-state index < -0.39 is 122 Å². The van der Waals surface area contributed by atoms with Crippen molar-refractivity contribution in [2.75, 3.05) is 13.2 Å². The smallest absolute Gasteiger partial charge is 0.308 e. The summed E-state index contributed by atoms with van der Waals surface area (Å²) in [6.07, 6.45) is 77.0. The first-order valence-corrected chi connectivity index (χ1v) is 62.6. The van der Waals surface area contributed by atoms with E-state index in [0.717, 1.165) is 231 Å². The molecule has 0 saturated carbocycles. The van der Waals surface area contributed by atoms with Crippen LogP contribution < -0.4 is 0 Å². The van der Waals surface area contributed by atoms with Crippen LogP contribution in [0.25, 0.3) is 0 Å². The summed E-state index contributed by atoms with van der Waals surface area (Å²) in [6.45, 7) is 16.8. The molecule has 2 saturated heterocycles. The van der Waals surface area contributed by atoms with Crippen LogP contribution in [0.15, 0.2) is 0 Å². The van der Waals surface area contributed by atoms with Gasteiger partial charge in [0.05, 0.1) is 0 Å². The Kier molecular flexibility index (Phi) is 96.2. The Bertz CT molecular complexity index is 2870. The lowest BCUT2D eigenvalue weighted by atomic mass is 9.95. The van der Waals surface area contributed by atoms with Gasteiger partial charge in [0.25, 0.3) is 0 Å². The van der Waals surface area contributed by atoms with Gasteiger partial charge in [-0.05, 0) is 51.4 Å². The summed E-state index contributed by atoms with van der Waals surface area (Å²) in [5, 5.41) is 0. The Morgan fingerprint density at radius 2 is 0.287 bits per heavy atom. The number of rotatable bonds is 108. The molecule has 19 heteroatoms. The van der Waals surface area contributed by atoms with Crippen LogP contribution in [-0.2, 0) is 90.5 Å². The molecule has 19 nitrogen and oxygen atoms in total. The predicted octanol–water partition coefficient (Wildman–Crippen LogP) is 36.6. The van der Waals surface area contributed by atoms with Gasteiger partial charge in [0.2, 0.25) is 12.4 Å². The summed E-state index contributed by atoms with van der Waals surface area (Å²) in [5.41, 5.74) is 0. The van der Waals surface area contributed by atoms with Gasteiger partial charge >= 0.3 is 47.8 Å². The average Bonchev–Trinajstić information content (AvgIpc) is 0.760. The summed E-state index contributed by atoms with van der Waals surface area (Å²) in [5.74, 6) is -4.89. The highest BCUT2D eigenvalue weighted by atomic mass is 16.8. The van der Waals surface area contributed by atoms with Crippen molar-refractivity contribution < 1.29 is 90.5 Å². The zero-order valence-corrected chi connectivity index (χ0v) is 94.8. The topological polar surface area (TPSA) is 238 Å². The first-order valence-electron chi connectivity index (χ1n) is 62.6. The first-order chi connectivity index (χ1) is 70.2. The number of carbonyl (C=O) groups excluding carboxylic acids is 8. The van der Waals surface area contributed by atoms with Crippen molar-refractivity contribution in [2.45, 2.75) is 733 Å². The molecule has 0 aromatic carbocycles. The number of esters is 8. The quantitative estimate of drug-likeness (QED) is 0.0312. The van der Waals surface area contributed by atoms with Gasteiger partial charge in [-0.25, -0.2) is 0 Å². The van der Waals surface area contributed by atoms with E-state index in [-0.39, 0.29) is 51.4 Å². The highest BCUT2D eigenvalue weighted by molar-refractivity contribution is 5.73. The van der Waals surface area contributed by atoms with Crippen molar-refractivity contribution in [3.05, 3.63) is 0 Å². The number of unbranched alkanes of at least 4 members (excludes halogenated alkanes) is 80. The van der Waals surface area contributed by atoms with Gasteiger partial charge in [0.1, 0.15) is 31.5 Å². The lowest BCUT2D eigenvalue weighted by molar-refractivity contribution is -0.358. The molecule has 2 aliphatic rings. The molecule has 2 heterocycles. The molecule has 2 fully saturated rings. The zero-order chi connectivity index (χ0) is 103. The van der Waals surface area contributed by atoms with Crippen LogP contribution in [0.4, 0.5) is 0 Å². The summed E-state index contributed by atoms with van der Waals surface area (Å²) < 4.78 is 75.0. The fourth-order valence-corrected chi connectivity index (χ4v) is 20.4. The molecule has 2 aliphatic heterocycles. The monoisotopic (exact) mass is 2020 g/mol. The number of hydrogen-bond acceptors (Lipinski definition) is 19. The fraction of sp³-hybridized carbons (Fsp3) is 0.935. The number of carbonyl (C=O) groups is 8. The van der Waals surface area contributed by atoms with Gasteiger partial charge < -0.3 is 52.1 Å². The molecule has 0 bridgehead atoms. The third kappa shape index (κ3) is 80.2. The predicted molar refractivity (Wildman–Crippen MR) is 588 cm³/mol. The molecule has 0 amide bonds. The van der Waals surface area contributed by atoms with Crippen LogP contribution in [0.3, 0.4) is 0 Å². The molecule has 0 aromatic rings. The Labute approximate surface area is 879 Å². The standard InChI is InChI=1S/C124H230O19/c1-9-17-25-33-41-49-57-65-73-81-89-97-109(125)133-105-107-117(137-111(127)99-91-83-75-67-59-51-43-35-27-19-11-3)119(138-112(128)100-92-84-76-68-60-52-44-36-28-20-12-4)122(141-115(131)103-95-87-79-71-63-55-47-39-31-23-15-7)124(136-107)143-118-108(106-134-110(126)98-90-82-74-66-58-50-42-34-26-18-10-2)135-123(142-116(132)104-96-88-80-72-64-56-48-40-32-24-16-8)121(140-114(130)102-94-86-78-70-62-54-46-38-30-22-14-6)120(118)139-113(129)101-93-85-77-69-61-53-45-37-29-21-13-5/h107-108,117-124H,9-106H2,1-8H3/t107-,108-,117-,118-,119+,120+,121-,122-,123+,124-/m1/s1. The van der Waals surface area contributed by atoms with Gasteiger partial charge in [-0.1, -0.05) is 569 Å². The fourth-order valence-electron chi connectivity index (χ4n) is 20.4. The minimum Gasteiger partial charge on any atom is -0.463 e. The van der Waals surface area contributed by atoms with E-state index in [1.165, 1.54) is 283 Å². The van der Waals surface area contributed by atoms with Crippen molar-refractivity contribution >= 4 is 47.8 Å². The minimum atomic E-state index is -1.86. The molecular formula is C124H230O19. The highest BCUT2D eigenvalue weighted by Gasteiger charge is 2.59. The molecule has 10 atom stereocenters. The molecule has 0 N–H and O–H groups in total. The molecule has 143 heavy (non-hydrogen) atoms. The molecule has 0 spiro atoms. The van der Waals surface area contributed by atoms with Crippen LogP contribution in [0.5, 0.6) is 0 Å². The first kappa shape index (κ1) is 135. The van der Waals surface area contributed by atoms with Crippen molar-refractivity contribution in [3.63, 3.8) is 0 Å². The Morgan fingerprint density at radius 3 is 0.490 bits per heavy atom. The van der Waals surface area contributed by atoms with Gasteiger partial charge in [-0.3, -0.25) is 38.4 Å². The SMILES string of the molecule is CCCCCCCCCCCCCC(=O)OC[C@H]1O[C@H](O[C@H]2[C@H](OC(=O)CCCCCCCCCCCCC)[C@@H](OC(=O)CCCCCCCCCCCCC)[C@H](OC(=O)CCCCCCCCCCCCC)O[C@@H]2COC(=O)CCCCCCCCCCCCC)[C@H](OC(=O)CCCCCCCCCCCCC)[C@@H](OC(=O)CCCCCCCCCCCCC)[C@@H]1OC(=O)CCCCCCCCCCCCC. The van der Waals surface area contributed by atoms with Crippen LogP contribution in [-0.4, -0.2) is 122 Å². The molecule has 840 valence electrons. The van der Waals surface area contributed by atoms with E-state index in [9.17, 15) is 14.4 Å². The van der Waals surface area contributed by atoms with Crippen molar-refractivity contribution in [2.24, 2.45) is 0 Å². The van der Waals surface area contributed by atoms with E-state index in [0.29, 0.717) is 51.4 Å². The Balaban J connectivity index is 3.20. The van der Waals surface area contributed by atoms with E-state index in [2.05, 4.69) is 55.4 Å². The van der Waals surface area contributed by atoms with Crippen LogP contribution in [0.2, 0.25) is 0 Å². The normalized spacial score (nSPS) is 17.9. The second kappa shape index (κ2) is 102. The Hall–Kier alpha value is -4.36. The van der Waals surface area contributed by atoms with E-state index >= 15 is 24.0 Å². The van der Waals surface area contributed by atoms with Gasteiger partial charge in [0, 0.05) is 51.4 Å². The number of hydrogen-bond donors (Lipinski definition) is 0. The number of ether oxygens (including phenoxy) is 11. The van der Waals surface area contributed by atoms with Crippen molar-refractivity contribution in [1.29, 1.82) is 0 Å². The summed E-state index contributed by atoms with van der Waals surface area (Å²) in [7, 11) is 0. The van der Waals surface area contributed by atoms with Gasteiger partial charge in [0.15, 0.2) is 30.7 Å². The summed E-state index contributed by atoms with van der Waals surface area (Å²) in [4.78, 5) is 120. The lowest BCUT2D eigenvalue weighted by Crippen LogP contribution is -2.67. The molecule has 2 rings (SSSR count). The summed E-state index contributed by atoms with van der Waals surface area (Å²) >= 11 is 0. The van der Waals surface area contributed by atoms with Crippen LogP contribution in [0.1, 0.15) is 672 Å². The average molecular weight is 2030 g/mol. The van der Waals surface area contributed by atoms with Crippen LogP contribution >= 0.6 is 0 Å². The molecule has 0 radical (unpaired) electrons. The van der Waals surface area contributed by atoms with E-state index in [1.54, 1.807) is 0 Å². The van der Waals surface area contributed by atoms with Crippen molar-refractivity contribution in [1.82, 2.24) is 0 Å². The minimum absolute atomic E-state index is 0.00989. The largest absolute Gasteiger partial charge is 0.463 e. The Morgan fingerprint density at radius 1 is 0.147 bits per heavy atom. The maximum atomic E-state index is 15.4. The molecule has 0 unspecified atom stereocenters. The van der Waals surface area contributed by atoms with Crippen molar-refractivity contribution in [3.8, 4) is 0 Å². The van der Waals surface area contributed by atoms with E-state index in [4.69, 9.17) is 52.1 Å². The maximum Gasteiger partial charge on any atom is 0.308 e. The molecule has 0 aromatic heterocycles. The van der Waals surface area contributed by atoms with Crippen LogP contribution in [0, 0.1) is 0 Å². The second-order valence-electron chi connectivity index (χ2n) is 43.6. The zero-order valence-electron chi connectivity index (χ0n) is 94.8. The van der Waals surface area contributed by atoms with Gasteiger partial charge in [-0.2, -0.15) is 0 Å². The second-order valence-corrected chi connectivity index (χ2v) is 43.6. The molecular weight excluding hydrogens is 1790 g/mol. The highest BCUT2D eigenvalue weighted by Crippen LogP contribution is 2.38.